The van der Waals surface area contributed by atoms with Crippen LogP contribution in [0, 0.1) is 0 Å². The van der Waals surface area contributed by atoms with E-state index in [2.05, 4.69) is 0 Å². The average molecular weight is 279 g/mol. The van der Waals surface area contributed by atoms with E-state index >= 15 is 0 Å². The molecule has 5 nitrogen and oxygen atoms in total. The first-order valence-corrected chi connectivity index (χ1v) is 6.40. The zero-order chi connectivity index (χ0) is 16.7. The number of fused-ring (bicyclic) bond motifs is 1. The Labute approximate surface area is 121 Å². The van der Waals surface area contributed by atoms with Gasteiger partial charge in [-0.15, -0.1) is 0 Å². The van der Waals surface area contributed by atoms with Crippen LogP contribution >= 0.6 is 0 Å². The molecule has 1 heterocycles. The quantitative estimate of drug-likeness (QED) is 0.858. The van der Waals surface area contributed by atoms with Gasteiger partial charge in [-0.1, -0.05) is 12.1 Å². The Balaban J connectivity index is 2.46. The molecule has 1 aromatic carbocycles. The number of aromatic carboxylic acids is 1. The Kier molecular flexibility index (Phi) is 3.03. The van der Waals surface area contributed by atoms with E-state index in [9.17, 15) is 14.7 Å². The Morgan fingerprint density at radius 1 is 1.40 bits per heavy atom. The smallest absolute Gasteiger partial charge is 0.410 e. The first-order valence-electron chi connectivity index (χ1n) is 7.40. The lowest BCUT2D eigenvalue weighted by Gasteiger charge is -2.31. The molecule has 108 valence electrons. The minimum absolute atomic E-state index is 0.0274. The molecule has 1 N–H and O–H groups in total. The number of hydrogen-bond acceptors (Lipinski definition) is 3. The molecule has 0 aliphatic carbocycles. The molecule has 0 atom stereocenters. The van der Waals surface area contributed by atoms with Crippen molar-refractivity contribution in [2.45, 2.75) is 39.3 Å². The second-order valence-electron chi connectivity index (χ2n) is 5.64. The van der Waals surface area contributed by atoms with Gasteiger partial charge >= 0.3 is 12.1 Å². The van der Waals surface area contributed by atoms with Gasteiger partial charge in [0.25, 0.3) is 0 Å². The van der Waals surface area contributed by atoms with Gasteiger partial charge in [0, 0.05) is 6.54 Å². The number of amides is 1. The van der Waals surface area contributed by atoms with Crippen LogP contribution in [-0.2, 0) is 17.7 Å². The van der Waals surface area contributed by atoms with Crippen molar-refractivity contribution in [3.05, 3.63) is 34.9 Å². The summed E-state index contributed by atoms with van der Waals surface area (Å²) in [6.07, 6.45) is -0.404. The Morgan fingerprint density at radius 3 is 2.70 bits per heavy atom. The average Bonchev–Trinajstić information content (AvgIpc) is 2.35. The first-order chi connectivity index (χ1) is 10.0. The minimum Gasteiger partial charge on any atom is -0.478 e. The molecule has 5 heteroatoms. The maximum atomic E-state index is 12.2. The lowest BCUT2D eigenvalue weighted by molar-refractivity contribution is 0.0221. The van der Waals surface area contributed by atoms with Crippen molar-refractivity contribution in [3.8, 4) is 0 Å². The largest absolute Gasteiger partial charge is 0.478 e. The lowest BCUT2D eigenvalue weighted by Crippen LogP contribution is -2.40. The van der Waals surface area contributed by atoms with E-state index in [0.29, 0.717) is 12.0 Å². The first kappa shape index (κ1) is 11.8. The Morgan fingerprint density at radius 2 is 2.10 bits per heavy atom. The van der Waals surface area contributed by atoms with Gasteiger partial charge in [-0.3, -0.25) is 0 Å². The second-order valence-corrected chi connectivity index (χ2v) is 5.64. The molecule has 1 aliphatic heterocycles. The fourth-order valence-corrected chi connectivity index (χ4v) is 2.00. The Bertz CT molecular complexity index is 622. The molecule has 0 aromatic heterocycles. The molecule has 0 saturated carbocycles. The van der Waals surface area contributed by atoms with Crippen LogP contribution in [-0.4, -0.2) is 34.2 Å². The van der Waals surface area contributed by atoms with Gasteiger partial charge in [-0.2, -0.15) is 0 Å². The molecule has 0 bridgehead atoms. The summed E-state index contributed by atoms with van der Waals surface area (Å²) < 4.78 is 21.8. The number of carbonyl (C=O) groups is 2. The SMILES string of the molecule is [2H]C1([2H])c2c(cccc2C(=O)O)CCN1C(=O)OC(C)(C)C. The van der Waals surface area contributed by atoms with Gasteiger partial charge in [0.2, 0.25) is 0 Å². The molecule has 0 spiro atoms. The van der Waals surface area contributed by atoms with Crippen molar-refractivity contribution in [1.29, 1.82) is 0 Å². The molecule has 1 aliphatic rings. The highest BCUT2D eigenvalue weighted by molar-refractivity contribution is 5.90. The number of rotatable bonds is 1. The summed E-state index contributed by atoms with van der Waals surface area (Å²) in [7, 11) is 0. The van der Waals surface area contributed by atoms with Crippen molar-refractivity contribution >= 4 is 12.1 Å². The zero-order valence-corrected chi connectivity index (χ0v) is 11.8. The molecule has 20 heavy (non-hydrogen) atoms. The highest BCUT2D eigenvalue weighted by atomic mass is 16.6. The zero-order valence-electron chi connectivity index (χ0n) is 13.8. The van der Waals surface area contributed by atoms with E-state index in [1.807, 2.05) is 0 Å². The highest BCUT2D eigenvalue weighted by Crippen LogP contribution is 2.24. The third-order valence-electron chi connectivity index (χ3n) is 2.85. The van der Waals surface area contributed by atoms with Crippen LogP contribution in [0.5, 0.6) is 0 Å². The van der Waals surface area contributed by atoms with E-state index in [4.69, 9.17) is 7.48 Å². The van der Waals surface area contributed by atoms with Gasteiger partial charge in [-0.05, 0) is 44.4 Å². The number of benzene rings is 1. The number of carboxylic acids is 1. The predicted octanol–water partition coefficient (Wildman–Crippen LogP) is 2.68. The molecule has 1 amide bonds. The monoisotopic (exact) mass is 279 g/mol. The molecular formula is C15H19NO4. The topological polar surface area (TPSA) is 66.8 Å². The van der Waals surface area contributed by atoms with Crippen LogP contribution in [0.25, 0.3) is 0 Å². The summed E-state index contributed by atoms with van der Waals surface area (Å²) in [6, 6.07) is 4.62. The number of carboxylic acid groups (broad SMARTS) is 1. The molecule has 0 unspecified atom stereocenters. The summed E-state index contributed by atoms with van der Waals surface area (Å²) in [4.78, 5) is 24.6. The molecule has 2 rings (SSSR count). The minimum atomic E-state index is -2.23. The second kappa shape index (κ2) is 5.15. The van der Waals surface area contributed by atoms with Crippen LogP contribution in [0.1, 0.15) is 45.0 Å². The standard InChI is InChI=1S/C15H19NO4/c1-15(2,3)20-14(19)16-8-7-10-5-4-6-11(13(17)18)12(10)9-16/h4-6H,7-9H2,1-3H3,(H,17,18)/i9D2. The van der Waals surface area contributed by atoms with Gasteiger partial charge in [0.15, 0.2) is 0 Å². The van der Waals surface area contributed by atoms with E-state index in [1.165, 1.54) is 6.07 Å². The van der Waals surface area contributed by atoms with Crippen LogP contribution < -0.4 is 0 Å². The summed E-state index contributed by atoms with van der Waals surface area (Å²) >= 11 is 0. The normalized spacial score (nSPS) is 18.6. The van der Waals surface area contributed by atoms with Gasteiger partial charge in [0.05, 0.1) is 14.8 Å². The van der Waals surface area contributed by atoms with Crippen molar-refractivity contribution < 1.29 is 22.2 Å². The van der Waals surface area contributed by atoms with Crippen molar-refractivity contribution in [2.75, 3.05) is 6.54 Å². The third-order valence-corrected chi connectivity index (χ3v) is 2.85. The number of carbonyl (C=O) groups excluding carboxylic acids is 1. The van der Waals surface area contributed by atoms with Gasteiger partial charge in [0.1, 0.15) is 5.60 Å². The van der Waals surface area contributed by atoms with Crippen LogP contribution in [0.15, 0.2) is 18.2 Å². The van der Waals surface area contributed by atoms with Crippen LogP contribution in [0.3, 0.4) is 0 Å². The number of ether oxygens (including phenoxy) is 1. The summed E-state index contributed by atoms with van der Waals surface area (Å²) in [5.74, 6) is -1.22. The van der Waals surface area contributed by atoms with E-state index in [0.717, 1.165) is 4.90 Å². The van der Waals surface area contributed by atoms with Gasteiger partial charge in [-0.25, -0.2) is 9.59 Å². The predicted molar refractivity (Wildman–Crippen MR) is 73.7 cm³/mol. The van der Waals surface area contributed by atoms with Crippen molar-refractivity contribution in [2.24, 2.45) is 0 Å². The molecule has 0 fully saturated rings. The maximum Gasteiger partial charge on any atom is 0.410 e. The van der Waals surface area contributed by atoms with Crippen LogP contribution in [0.4, 0.5) is 4.79 Å². The van der Waals surface area contributed by atoms with E-state index in [-0.39, 0.29) is 17.7 Å². The number of nitrogens with zero attached hydrogens (tertiary/aromatic N) is 1. The molecule has 1 aromatic rings. The fourth-order valence-electron chi connectivity index (χ4n) is 2.00. The summed E-state index contributed by atoms with van der Waals surface area (Å²) in [6.45, 7) is 2.99. The van der Waals surface area contributed by atoms with Crippen molar-refractivity contribution in [1.82, 2.24) is 4.90 Å². The number of hydrogen-bond donors (Lipinski definition) is 1. The van der Waals surface area contributed by atoms with Gasteiger partial charge < -0.3 is 14.7 Å². The van der Waals surface area contributed by atoms with Crippen LogP contribution in [0.2, 0.25) is 0 Å². The molecular weight excluding hydrogens is 258 g/mol. The van der Waals surface area contributed by atoms with E-state index < -0.39 is 24.2 Å². The molecule has 0 radical (unpaired) electrons. The summed E-state index contributed by atoms with van der Waals surface area (Å²) in [5.41, 5.74) is -0.250. The van der Waals surface area contributed by atoms with E-state index in [1.54, 1.807) is 32.9 Å². The summed E-state index contributed by atoms with van der Waals surface area (Å²) in [5, 5.41) is 9.28. The lowest BCUT2D eigenvalue weighted by atomic mass is 9.95. The highest BCUT2D eigenvalue weighted by Gasteiger charge is 2.27. The maximum absolute atomic E-state index is 12.2. The Hall–Kier alpha value is -2.04. The third kappa shape index (κ3) is 3.10. The fraction of sp³-hybridized carbons (Fsp3) is 0.467. The molecule has 0 saturated heterocycles. The van der Waals surface area contributed by atoms with Crippen molar-refractivity contribution in [3.63, 3.8) is 0 Å².